The summed E-state index contributed by atoms with van der Waals surface area (Å²) in [5, 5.41) is 11.5. The van der Waals surface area contributed by atoms with E-state index < -0.39 is 6.04 Å². The molecule has 2 N–H and O–H groups in total. The molecule has 0 bridgehead atoms. The van der Waals surface area contributed by atoms with Crippen molar-refractivity contribution in [1.82, 2.24) is 10.2 Å². The molecule has 0 radical (unpaired) electrons. The van der Waals surface area contributed by atoms with Crippen LogP contribution in [-0.2, 0) is 9.59 Å². The first-order valence-corrected chi connectivity index (χ1v) is 3.96. The van der Waals surface area contributed by atoms with E-state index in [0.717, 1.165) is 0 Å². The van der Waals surface area contributed by atoms with Gasteiger partial charge in [-0.15, -0.1) is 0 Å². The first-order valence-electron chi connectivity index (χ1n) is 3.96. The zero-order chi connectivity index (χ0) is 8.72. The topological polar surface area (TPSA) is 69.6 Å². The van der Waals surface area contributed by atoms with Gasteiger partial charge in [0.05, 0.1) is 6.61 Å². The van der Waals surface area contributed by atoms with Crippen LogP contribution >= 0.6 is 0 Å². The number of amides is 2. The molecule has 2 saturated heterocycles. The highest BCUT2D eigenvalue weighted by molar-refractivity contribution is 5.92. The largest absolute Gasteiger partial charge is 0.394 e. The van der Waals surface area contributed by atoms with Crippen LogP contribution in [0.5, 0.6) is 0 Å². The highest BCUT2D eigenvalue weighted by Gasteiger charge is 2.45. The van der Waals surface area contributed by atoms with E-state index in [1.807, 2.05) is 0 Å². The fraction of sp³-hybridized carbons (Fsp3) is 0.714. The van der Waals surface area contributed by atoms with Crippen LogP contribution < -0.4 is 5.32 Å². The number of fused-ring (bicyclic) bond motifs is 1. The third kappa shape index (κ3) is 0.828. The van der Waals surface area contributed by atoms with Crippen LogP contribution in [0.1, 0.15) is 12.8 Å². The van der Waals surface area contributed by atoms with Crippen molar-refractivity contribution in [1.29, 1.82) is 0 Å². The Kier molecular flexibility index (Phi) is 1.54. The van der Waals surface area contributed by atoms with E-state index in [0.29, 0.717) is 12.8 Å². The lowest BCUT2D eigenvalue weighted by molar-refractivity contribution is -0.134. The Morgan fingerprint density at radius 1 is 1.58 bits per heavy atom. The minimum absolute atomic E-state index is 0.0441. The summed E-state index contributed by atoms with van der Waals surface area (Å²) in [6, 6.07) is -0.648. The molecule has 2 atom stereocenters. The molecule has 2 aliphatic rings. The van der Waals surface area contributed by atoms with Crippen LogP contribution in [0.15, 0.2) is 0 Å². The number of nitrogens with one attached hydrogen (secondary N) is 1. The van der Waals surface area contributed by atoms with Gasteiger partial charge in [0.25, 0.3) is 0 Å². The van der Waals surface area contributed by atoms with E-state index in [4.69, 9.17) is 5.11 Å². The Labute approximate surface area is 69.3 Å². The van der Waals surface area contributed by atoms with Crippen molar-refractivity contribution in [3.63, 3.8) is 0 Å². The summed E-state index contributed by atoms with van der Waals surface area (Å²) in [6.45, 7) is -0.284. The van der Waals surface area contributed by atoms with E-state index in [1.165, 1.54) is 4.90 Å². The normalized spacial score (nSPS) is 33.9. The Morgan fingerprint density at radius 2 is 2.33 bits per heavy atom. The van der Waals surface area contributed by atoms with Gasteiger partial charge in [-0.2, -0.15) is 0 Å². The lowest BCUT2D eigenvalue weighted by Crippen LogP contribution is -2.39. The number of carbonyl (C=O) groups is 2. The van der Waals surface area contributed by atoms with Gasteiger partial charge in [0, 0.05) is 6.42 Å². The van der Waals surface area contributed by atoms with Crippen LogP contribution in [0.3, 0.4) is 0 Å². The van der Waals surface area contributed by atoms with Crippen molar-refractivity contribution in [2.24, 2.45) is 0 Å². The predicted molar refractivity (Wildman–Crippen MR) is 38.9 cm³/mol. The Bertz CT molecular complexity index is 239. The van der Waals surface area contributed by atoms with Crippen molar-refractivity contribution in [3.05, 3.63) is 0 Å². The van der Waals surface area contributed by atoms with Crippen molar-refractivity contribution in [2.45, 2.75) is 25.0 Å². The summed E-state index contributed by atoms with van der Waals surface area (Å²) in [6.07, 6.45) is 0.977. The van der Waals surface area contributed by atoms with Crippen molar-refractivity contribution >= 4 is 11.8 Å². The number of aliphatic hydroxyl groups excluding tert-OH is 1. The standard InChI is InChI=1S/C7H10N2O3/c10-3-4-7(12)8-5-1-2-6(11)9(4)5/h4-5,10H,1-3H2,(H,8,12)/t4-,5-/m1/s1. The number of hydrogen-bond acceptors (Lipinski definition) is 3. The molecule has 0 spiro atoms. The average Bonchev–Trinajstić information content (AvgIpc) is 2.52. The van der Waals surface area contributed by atoms with Gasteiger partial charge in [-0.05, 0) is 6.42 Å². The highest BCUT2D eigenvalue weighted by atomic mass is 16.3. The van der Waals surface area contributed by atoms with Crippen LogP contribution in [0.2, 0.25) is 0 Å². The van der Waals surface area contributed by atoms with Gasteiger partial charge in [0.15, 0.2) is 0 Å². The molecule has 2 fully saturated rings. The molecule has 2 aliphatic heterocycles. The van der Waals surface area contributed by atoms with Gasteiger partial charge in [-0.25, -0.2) is 0 Å². The second kappa shape index (κ2) is 2.45. The molecule has 0 aliphatic carbocycles. The zero-order valence-corrected chi connectivity index (χ0v) is 6.49. The smallest absolute Gasteiger partial charge is 0.246 e. The molecule has 2 heterocycles. The SMILES string of the molecule is O=C1N[C@H]2CCC(=O)N2[C@@H]1CO. The number of carbonyl (C=O) groups excluding carboxylic acids is 2. The van der Waals surface area contributed by atoms with E-state index in [9.17, 15) is 9.59 Å². The van der Waals surface area contributed by atoms with Crippen LogP contribution in [0.25, 0.3) is 0 Å². The zero-order valence-electron chi connectivity index (χ0n) is 6.49. The summed E-state index contributed by atoms with van der Waals surface area (Å²) < 4.78 is 0. The monoisotopic (exact) mass is 170 g/mol. The molecule has 2 rings (SSSR count). The molecular formula is C7H10N2O3. The summed E-state index contributed by atoms with van der Waals surface area (Å²) in [7, 11) is 0. The maximum Gasteiger partial charge on any atom is 0.246 e. The third-order valence-electron chi connectivity index (χ3n) is 2.38. The van der Waals surface area contributed by atoms with Gasteiger partial charge in [-0.1, -0.05) is 0 Å². The maximum atomic E-state index is 11.2. The van der Waals surface area contributed by atoms with Gasteiger partial charge >= 0.3 is 0 Å². The van der Waals surface area contributed by atoms with Crippen LogP contribution in [0.4, 0.5) is 0 Å². The predicted octanol–water partition coefficient (Wildman–Crippen LogP) is -1.57. The molecule has 0 aromatic heterocycles. The summed E-state index contributed by atoms with van der Waals surface area (Å²) in [4.78, 5) is 23.7. The van der Waals surface area contributed by atoms with Crippen molar-refractivity contribution < 1.29 is 14.7 Å². The molecule has 66 valence electrons. The number of nitrogens with zero attached hydrogens (tertiary/aromatic N) is 1. The molecule has 0 aromatic carbocycles. The molecule has 2 amide bonds. The summed E-state index contributed by atoms with van der Waals surface area (Å²) in [5.74, 6) is -0.284. The second-order valence-corrected chi connectivity index (χ2v) is 3.06. The van der Waals surface area contributed by atoms with E-state index in [-0.39, 0.29) is 24.6 Å². The minimum Gasteiger partial charge on any atom is -0.394 e. The van der Waals surface area contributed by atoms with Crippen LogP contribution in [0, 0.1) is 0 Å². The Morgan fingerprint density at radius 3 is 3.00 bits per heavy atom. The molecular weight excluding hydrogens is 160 g/mol. The van der Waals surface area contributed by atoms with Crippen molar-refractivity contribution in [2.75, 3.05) is 6.61 Å². The van der Waals surface area contributed by atoms with Gasteiger partial charge in [-0.3, -0.25) is 9.59 Å². The van der Waals surface area contributed by atoms with Gasteiger partial charge < -0.3 is 15.3 Å². The summed E-state index contributed by atoms with van der Waals surface area (Å²) >= 11 is 0. The first-order chi connectivity index (χ1) is 5.74. The lowest BCUT2D eigenvalue weighted by Gasteiger charge is -2.18. The summed E-state index contributed by atoms with van der Waals surface area (Å²) in [5.41, 5.74) is 0. The quantitative estimate of drug-likeness (QED) is 0.499. The van der Waals surface area contributed by atoms with E-state index in [2.05, 4.69) is 5.32 Å². The second-order valence-electron chi connectivity index (χ2n) is 3.06. The fourth-order valence-electron chi connectivity index (χ4n) is 1.79. The van der Waals surface area contributed by atoms with E-state index >= 15 is 0 Å². The van der Waals surface area contributed by atoms with Crippen molar-refractivity contribution in [3.8, 4) is 0 Å². The average molecular weight is 170 g/mol. The first kappa shape index (κ1) is 7.54. The van der Waals surface area contributed by atoms with E-state index in [1.54, 1.807) is 0 Å². The molecule has 0 unspecified atom stereocenters. The van der Waals surface area contributed by atoms with Crippen LogP contribution in [-0.4, -0.2) is 40.6 Å². The lowest BCUT2D eigenvalue weighted by atomic mass is 10.3. The Hall–Kier alpha value is -1.10. The molecule has 5 nitrogen and oxygen atoms in total. The number of aliphatic hydroxyl groups is 1. The Balaban J connectivity index is 2.23. The number of hydrogen-bond donors (Lipinski definition) is 2. The molecule has 12 heavy (non-hydrogen) atoms. The van der Waals surface area contributed by atoms with Gasteiger partial charge in [0.1, 0.15) is 12.2 Å². The minimum atomic E-state index is -0.648. The number of rotatable bonds is 1. The third-order valence-corrected chi connectivity index (χ3v) is 2.38. The highest BCUT2D eigenvalue weighted by Crippen LogP contribution is 2.24. The molecule has 0 aromatic rings. The fourth-order valence-corrected chi connectivity index (χ4v) is 1.79. The maximum absolute atomic E-state index is 11.2. The van der Waals surface area contributed by atoms with Gasteiger partial charge in [0.2, 0.25) is 11.8 Å². The molecule has 5 heteroatoms. The molecule has 0 saturated carbocycles.